The lowest BCUT2D eigenvalue weighted by Gasteiger charge is -2.31. The molecule has 1 atom stereocenters. The number of hydrogen-bond acceptors (Lipinski definition) is 4. The van der Waals surface area contributed by atoms with Gasteiger partial charge in [-0.2, -0.15) is 0 Å². The average Bonchev–Trinajstić information content (AvgIpc) is 3.09. The van der Waals surface area contributed by atoms with E-state index in [0.717, 1.165) is 6.54 Å². The topological polar surface area (TPSA) is 76.2 Å². The predicted octanol–water partition coefficient (Wildman–Crippen LogP) is 2.03. The van der Waals surface area contributed by atoms with Gasteiger partial charge in [-0.3, -0.25) is 4.79 Å². The molecule has 1 aromatic rings. The molecule has 1 saturated heterocycles. The maximum absolute atomic E-state index is 12.1. The number of nitrogens with two attached hydrogens (primary N) is 1. The zero-order chi connectivity index (χ0) is 17.0. The Morgan fingerprint density at radius 1 is 1.39 bits per heavy atom. The lowest BCUT2D eigenvalue weighted by molar-refractivity contribution is -0.117. The van der Waals surface area contributed by atoms with Crippen molar-refractivity contribution in [3.8, 4) is 0 Å². The number of nitrogens with one attached hydrogen (secondary N) is 1. The van der Waals surface area contributed by atoms with Crippen molar-refractivity contribution in [1.29, 1.82) is 0 Å². The highest BCUT2D eigenvalue weighted by Crippen LogP contribution is 2.21. The Kier molecular flexibility index (Phi) is 5.81. The molecule has 1 amide bonds. The van der Waals surface area contributed by atoms with E-state index in [1.165, 1.54) is 25.9 Å². The van der Waals surface area contributed by atoms with E-state index in [0.29, 0.717) is 18.2 Å². The summed E-state index contributed by atoms with van der Waals surface area (Å²) in [6.07, 6.45) is 6.94. The summed E-state index contributed by atoms with van der Waals surface area (Å²) in [6, 6.07) is -0.488. The van der Waals surface area contributed by atoms with Gasteiger partial charge >= 0.3 is 0 Å². The van der Waals surface area contributed by atoms with Crippen LogP contribution in [0.2, 0.25) is 0 Å². The zero-order valence-corrected chi connectivity index (χ0v) is 14.9. The van der Waals surface area contributed by atoms with Gasteiger partial charge in [0.05, 0.1) is 17.9 Å². The van der Waals surface area contributed by atoms with Crippen LogP contribution in [-0.4, -0.2) is 46.0 Å². The largest absolute Gasteiger partial charge is 0.328 e. The molecule has 2 heterocycles. The molecule has 0 saturated carbocycles. The molecule has 0 unspecified atom stereocenters. The second-order valence-corrected chi connectivity index (χ2v) is 7.69. The van der Waals surface area contributed by atoms with Crippen molar-refractivity contribution >= 4 is 11.7 Å². The van der Waals surface area contributed by atoms with Gasteiger partial charge in [0.2, 0.25) is 5.91 Å². The second kappa shape index (κ2) is 7.45. The fourth-order valence-corrected chi connectivity index (χ4v) is 3.12. The number of amides is 1. The highest BCUT2D eigenvalue weighted by molar-refractivity contribution is 5.93. The molecule has 3 N–H and O–H groups in total. The number of likely N-dealkylation sites (tertiary alicyclic amines) is 1. The third kappa shape index (κ3) is 5.04. The minimum Gasteiger partial charge on any atom is -0.328 e. The first-order chi connectivity index (χ1) is 10.8. The van der Waals surface area contributed by atoms with E-state index in [1.807, 2.05) is 6.20 Å². The summed E-state index contributed by atoms with van der Waals surface area (Å²) in [5, 5.41) is 2.82. The van der Waals surface area contributed by atoms with Crippen LogP contribution < -0.4 is 11.1 Å². The number of nitrogens with zero attached hydrogens (tertiary/aromatic N) is 3. The van der Waals surface area contributed by atoms with Gasteiger partial charge in [-0.05, 0) is 52.1 Å². The van der Waals surface area contributed by atoms with E-state index in [4.69, 9.17) is 5.73 Å². The van der Waals surface area contributed by atoms with Gasteiger partial charge in [0.15, 0.2) is 5.82 Å². The minimum absolute atomic E-state index is 0.0552. The Bertz CT molecular complexity index is 517. The van der Waals surface area contributed by atoms with E-state index in [-0.39, 0.29) is 11.4 Å². The van der Waals surface area contributed by atoms with E-state index < -0.39 is 6.04 Å². The molecule has 0 aromatic carbocycles. The molecule has 1 aromatic heterocycles. The normalized spacial score (nSPS) is 17.7. The van der Waals surface area contributed by atoms with Crippen LogP contribution in [0, 0.1) is 5.92 Å². The summed E-state index contributed by atoms with van der Waals surface area (Å²) in [7, 11) is 0. The highest BCUT2D eigenvalue weighted by atomic mass is 16.2. The van der Waals surface area contributed by atoms with Crippen molar-refractivity contribution in [3.05, 3.63) is 12.5 Å². The van der Waals surface area contributed by atoms with Gasteiger partial charge in [-0.25, -0.2) is 4.98 Å². The molecule has 0 bridgehead atoms. The minimum atomic E-state index is -0.488. The average molecular weight is 321 g/mol. The van der Waals surface area contributed by atoms with Crippen molar-refractivity contribution in [2.75, 3.05) is 25.0 Å². The van der Waals surface area contributed by atoms with Gasteiger partial charge in [-0.15, -0.1) is 0 Å². The number of rotatable bonds is 7. The third-order valence-corrected chi connectivity index (χ3v) is 4.40. The highest BCUT2D eigenvalue weighted by Gasteiger charge is 2.26. The fourth-order valence-electron chi connectivity index (χ4n) is 3.12. The Hall–Kier alpha value is -1.40. The second-order valence-electron chi connectivity index (χ2n) is 7.69. The Labute approximate surface area is 139 Å². The van der Waals surface area contributed by atoms with E-state index >= 15 is 0 Å². The number of carbonyl (C=O) groups is 1. The van der Waals surface area contributed by atoms with Crippen molar-refractivity contribution < 1.29 is 4.79 Å². The Morgan fingerprint density at radius 2 is 2.04 bits per heavy atom. The van der Waals surface area contributed by atoms with E-state index in [2.05, 4.69) is 47.5 Å². The number of imidazole rings is 1. The summed E-state index contributed by atoms with van der Waals surface area (Å²) >= 11 is 0. The van der Waals surface area contributed by atoms with Gasteiger partial charge in [0.25, 0.3) is 0 Å². The van der Waals surface area contributed by atoms with Crippen molar-refractivity contribution in [3.63, 3.8) is 0 Å². The molecular weight excluding hydrogens is 290 g/mol. The Balaban J connectivity index is 1.95. The molecule has 0 spiro atoms. The van der Waals surface area contributed by atoms with Crippen LogP contribution in [0.15, 0.2) is 12.5 Å². The fraction of sp³-hybridized carbons (Fsp3) is 0.765. The van der Waals surface area contributed by atoms with Crippen LogP contribution in [0.3, 0.4) is 0 Å². The molecule has 130 valence electrons. The maximum atomic E-state index is 12.1. The lowest BCUT2D eigenvalue weighted by Crippen LogP contribution is -2.39. The maximum Gasteiger partial charge on any atom is 0.242 e. The molecule has 6 nitrogen and oxygen atoms in total. The van der Waals surface area contributed by atoms with Crippen LogP contribution in [0.5, 0.6) is 0 Å². The molecule has 23 heavy (non-hydrogen) atoms. The number of aromatic nitrogens is 2. The molecule has 1 aliphatic heterocycles. The first-order valence-corrected chi connectivity index (χ1v) is 8.61. The van der Waals surface area contributed by atoms with Gasteiger partial charge in [0.1, 0.15) is 0 Å². The van der Waals surface area contributed by atoms with Crippen LogP contribution >= 0.6 is 0 Å². The summed E-state index contributed by atoms with van der Waals surface area (Å²) in [5.41, 5.74) is 5.86. The zero-order valence-electron chi connectivity index (χ0n) is 14.9. The summed E-state index contributed by atoms with van der Waals surface area (Å²) in [4.78, 5) is 18.9. The van der Waals surface area contributed by atoms with Crippen molar-refractivity contribution in [2.24, 2.45) is 11.7 Å². The predicted molar refractivity (Wildman–Crippen MR) is 93.3 cm³/mol. The number of carbonyl (C=O) groups excluding carboxylic acids is 1. The molecule has 2 rings (SSSR count). The smallest absolute Gasteiger partial charge is 0.242 e. The number of hydrogen-bond donors (Lipinski definition) is 2. The SMILES string of the molecule is CC(C)C[C@H](N)C(=O)Nc1cn(C(C)(C)CN2CCCC2)cn1. The van der Waals surface area contributed by atoms with Crippen LogP contribution in [0.4, 0.5) is 5.82 Å². The van der Waals surface area contributed by atoms with Gasteiger partial charge in [-0.1, -0.05) is 13.8 Å². The molecular formula is C17H31N5O. The summed E-state index contributed by atoms with van der Waals surface area (Å²) in [5.74, 6) is 0.803. The Morgan fingerprint density at radius 3 is 2.65 bits per heavy atom. The van der Waals surface area contributed by atoms with Crippen LogP contribution in [0.1, 0.15) is 47.0 Å². The number of anilines is 1. The quantitative estimate of drug-likeness (QED) is 0.805. The lowest BCUT2D eigenvalue weighted by atomic mass is 10.0. The van der Waals surface area contributed by atoms with Crippen molar-refractivity contribution in [2.45, 2.75) is 58.5 Å². The monoisotopic (exact) mass is 321 g/mol. The molecule has 0 aliphatic carbocycles. The molecule has 1 fully saturated rings. The third-order valence-electron chi connectivity index (χ3n) is 4.40. The standard InChI is InChI=1S/C17H31N5O/c1-13(2)9-14(18)16(23)20-15-10-22(12-19-15)17(3,4)11-21-7-5-6-8-21/h10,12-14H,5-9,11,18H2,1-4H3,(H,20,23)/t14-/m0/s1. The first-order valence-electron chi connectivity index (χ1n) is 8.61. The molecule has 6 heteroatoms. The summed E-state index contributed by atoms with van der Waals surface area (Å²) < 4.78 is 2.08. The van der Waals surface area contributed by atoms with Gasteiger partial charge in [0, 0.05) is 12.7 Å². The van der Waals surface area contributed by atoms with Crippen LogP contribution in [0.25, 0.3) is 0 Å². The van der Waals surface area contributed by atoms with Crippen molar-refractivity contribution in [1.82, 2.24) is 14.5 Å². The first kappa shape index (κ1) is 17.9. The van der Waals surface area contributed by atoms with Crippen LogP contribution in [-0.2, 0) is 10.3 Å². The van der Waals surface area contributed by atoms with E-state index in [9.17, 15) is 4.79 Å². The van der Waals surface area contributed by atoms with Gasteiger partial charge < -0.3 is 20.5 Å². The van der Waals surface area contributed by atoms with E-state index in [1.54, 1.807) is 6.33 Å². The molecule has 1 aliphatic rings. The molecule has 0 radical (unpaired) electrons. The summed E-state index contributed by atoms with van der Waals surface area (Å²) in [6.45, 7) is 11.8.